The van der Waals surface area contributed by atoms with Crippen molar-refractivity contribution >= 4 is 29.3 Å². The molecule has 0 radical (unpaired) electrons. The molecular weight excluding hydrogens is 394 g/mol. The maximum absolute atomic E-state index is 13.3. The number of benzene rings is 2. The molecule has 3 aromatic rings. The molecule has 2 heterocycles. The lowest BCUT2D eigenvalue weighted by atomic mass is 10.1. The molecular formula is C21H20ClN3O2S. The molecule has 0 aliphatic carbocycles. The van der Waals surface area contributed by atoms with Crippen LogP contribution in [0.5, 0.6) is 5.75 Å². The van der Waals surface area contributed by atoms with E-state index in [0.29, 0.717) is 17.3 Å². The van der Waals surface area contributed by atoms with E-state index in [9.17, 15) is 4.79 Å². The van der Waals surface area contributed by atoms with E-state index in [2.05, 4.69) is 5.10 Å². The van der Waals surface area contributed by atoms with Gasteiger partial charge in [-0.05, 0) is 24.3 Å². The molecule has 28 heavy (non-hydrogen) atoms. The van der Waals surface area contributed by atoms with Crippen LogP contribution in [-0.4, -0.2) is 40.0 Å². The van der Waals surface area contributed by atoms with Crippen LogP contribution in [0.2, 0.25) is 5.02 Å². The van der Waals surface area contributed by atoms with Gasteiger partial charge in [0.2, 0.25) is 0 Å². The number of hydrogen-bond donors (Lipinski definition) is 0. The fourth-order valence-corrected chi connectivity index (χ4v) is 4.94. The number of nitrogens with zero attached hydrogens (tertiary/aromatic N) is 3. The van der Waals surface area contributed by atoms with Crippen LogP contribution < -0.4 is 4.74 Å². The summed E-state index contributed by atoms with van der Waals surface area (Å²) in [7, 11) is 3.43. The third-order valence-corrected chi connectivity index (χ3v) is 6.37. The molecule has 4 rings (SSSR count). The van der Waals surface area contributed by atoms with Gasteiger partial charge in [-0.15, -0.1) is 11.8 Å². The number of methoxy groups -OCH3 is 1. The number of carbonyl (C=O) groups is 1. The number of halogens is 1. The van der Waals surface area contributed by atoms with Gasteiger partial charge in [-0.2, -0.15) is 5.10 Å². The number of carbonyl (C=O) groups excluding carboxylic acids is 1. The third-order valence-electron chi connectivity index (χ3n) is 4.79. The maximum atomic E-state index is 13.3. The molecule has 0 N–H and O–H groups in total. The molecule has 1 saturated heterocycles. The van der Waals surface area contributed by atoms with Gasteiger partial charge < -0.3 is 9.64 Å². The van der Waals surface area contributed by atoms with E-state index in [1.165, 1.54) is 0 Å². The molecule has 2 aromatic carbocycles. The third kappa shape index (κ3) is 3.50. The number of amides is 1. The molecule has 1 amide bonds. The van der Waals surface area contributed by atoms with E-state index in [1.807, 2.05) is 59.5 Å². The number of aryl methyl sites for hydroxylation is 1. The van der Waals surface area contributed by atoms with Gasteiger partial charge in [0.1, 0.15) is 16.8 Å². The first-order chi connectivity index (χ1) is 13.6. The van der Waals surface area contributed by atoms with Crippen molar-refractivity contribution in [1.29, 1.82) is 0 Å². The largest absolute Gasteiger partial charge is 0.497 e. The van der Waals surface area contributed by atoms with E-state index in [-0.39, 0.29) is 11.3 Å². The fourth-order valence-electron chi connectivity index (χ4n) is 3.35. The summed E-state index contributed by atoms with van der Waals surface area (Å²) in [5.74, 6) is 1.59. The van der Waals surface area contributed by atoms with E-state index in [4.69, 9.17) is 16.3 Å². The molecule has 1 fully saturated rings. The summed E-state index contributed by atoms with van der Waals surface area (Å²) in [5, 5.41) is 5.14. The average molecular weight is 414 g/mol. The van der Waals surface area contributed by atoms with Crippen LogP contribution in [0.25, 0.3) is 11.3 Å². The monoisotopic (exact) mass is 413 g/mol. The van der Waals surface area contributed by atoms with Crippen molar-refractivity contribution in [3.63, 3.8) is 0 Å². The SMILES string of the molecule is COc1cccc(-c2cc(C(=O)N3CCSC3c3ccccc3Cl)n(C)n2)c1. The Balaban J connectivity index is 1.65. The van der Waals surface area contributed by atoms with Crippen LogP contribution in [0, 0.1) is 0 Å². The van der Waals surface area contributed by atoms with Gasteiger partial charge in [0.05, 0.1) is 12.8 Å². The lowest BCUT2D eigenvalue weighted by Gasteiger charge is -2.24. The topological polar surface area (TPSA) is 47.4 Å². The number of aromatic nitrogens is 2. The smallest absolute Gasteiger partial charge is 0.273 e. The van der Waals surface area contributed by atoms with Crippen LogP contribution in [-0.2, 0) is 7.05 Å². The van der Waals surface area contributed by atoms with Gasteiger partial charge in [0.25, 0.3) is 5.91 Å². The van der Waals surface area contributed by atoms with Gasteiger partial charge in [-0.3, -0.25) is 9.48 Å². The zero-order valence-electron chi connectivity index (χ0n) is 15.6. The molecule has 5 nitrogen and oxygen atoms in total. The molecule has 1 aliphatic heterocycles. The van der Waals surface area contributed by atoms with Gasteiger partial charge in [0.15, 0.2) is 0 Å². The number of ether oxygens (including phenoxy) is 1. The maximum Gasteiger partial charge on any atom is 0.273 e. The zero-order chi connectivity index (χ0) is 19.7. The lowest BCUT2D eigenvalue weighted by molar-refractivity contribution is 0.0749. The first-order valence-electron chi connectivity index (χ1n) is 8.94. The summed E-state index contributed by atoms with van der Waals surface area (Å²) in [4.78, 5) is 15.2. The molecule has 1 atom stereocenters. The molecule has 0 bridgehead atoms. The first kappa shape index (κ1) is 18.9. The number of hydrogen-bond acceptors (Lipinski definition) is 4. The predicted octanol–water partition coefficient (Wildman–Crippen LogP) is 4.64. The van der Waals surface area contributed by atoms with Crippen molar-refractivity contribution in [2.75, 3.05) is 19.4 Å². The minimum Gasteiger partial charge on any atom is -0.497 e. The Morgan fingerprint density at radius 2 is 2.04 bits per heavy atom. The Bertz CT molecular complexity index is 1020. The molecule has 0 spiro atoms. The quantitative estimate of drug-likeness (QED) is 0.625. The van der Waals surface area contributed by atoms with Crippen molar-refractivity contribution in [2.45, 2.75) is 5.37 Å². The van der Waals surface area contributed by atoms with Crippen LogP contribution in [0.4, 0.5) is 0 Å². The van der Waals surface area contributed by atoms with Gasteiger partial charge >= 0.3 is 0 Å². The van der Waals surface area contributed by atoms with E-state index in [0.717, 1.165) is 28.3 Å². The Labute approximate surface area is 173 Å². The first-order valence-corrected chi connectivity index (χ1v) is 10.4. The fraction of sp³-hybridized carbons (Fsp3) is 0.238. The Morgan fingerprint density at radius 1 is 1.21 bits per heavy atom. The minimum atomic E-state index is -0.0867. The molecule has 7 heteroatoms. The lowest BCUT2D eigenvalue weighted by Crippen LogP contribution is -2.32. The second-order valence-corrected chi connectivity index (χ2v) is 8.11. The van der Waals surface area contributed by atoms with E-state index < -0.39 is 0 Å². The van der Waals surface area contributed by atoms with Crippen LogP contribution in [0.3, 0.4) is 0 Å². The molecule has 144 valence electrons. The number of thioether (sulfide) groups is 1. The summed E-state index contributed by atoms with van der Waals surface area (Å²) < 4.78 is 6.93. The second-order valence-electron chi connectivity index (χ2n) is 6.51. The highest BCUT2D eigenvalue weighted by atomic mass is 35.5. The van der Waals surface area contributed by atoms with Gasteiger partial charge in [-0.25, -0.2) is 0 Å². The zero-order valence-corrected chi connectivity index (χ0v) is 17.2. The van der Waals surface area contributed by atoms with E-state index >= 15 is 0 Å². The average Bonchev–Trinajstić information content (AvgIpc) is 3.35. The van der Waals surface area contributed by atoms with Crippen molar-refractivity contribution in [1.82, 2.24) is 14.7 Å². The standard InChI is InChI=1S/C21H20ClN3O2S/c1-24-19(13-18(23-24)14-6-5-7-15(12-14)27-2)20(26)25-10-11-28-21(25)16-8-3-4-9-17(16)22/h3-9,12-13,21H,10-11H2,1-2H3. The van der Waals surface area contributed by atoms with Crippen LogP contribution >= 0.6 is 23.4 Å². The van der Waals surface area contributed by atoms with Crippen molar-refractivity contribution in [3.8, 4) is 17.0 Å². The Kier molecular flexibility index (Phi) is 5.33. The minimum absolute atomic E-state index is 0.0425. The summed E-state index contributed by atoms with van der Waals surface area (Å²) in [6.07, 6.45) is 0. The Hall–Kier alpha value is -2.44. The predicted molar refractivity (Wildman–Crippen MR) is 113 cm³/mol. The summed E-state index contributed by atoms with van der Waals surface area (Å²) >= 11 is 8.11. The normalized spacial score (nSPS) is 16.4. The van der Waals surface area contributed by atoms with Gasteiger partial charge in [0, 0.05) is 35.5 Å². The number of rotatable bonds is 4. The highest BCUT2D eigenvalue weighted by Crippen LogP contribution is 2.41. The van der Waals surface area contributed by atoms with Crippen LogP contribution in [0.15, 0.2) is 54.6 Å². The molecule has 0 saturated carbocycles. The van der Waals surface area contributed by atoms with Crippen molar-refractivity contribution in [2.24, 2.45) is 7.05 Å². The van der Waals surface area contributed by atoms with Crippen molar-refractivity contribution < 1.29 is 9.53 Å². The summed E-state index contributed by atoms with van der Waals surface area (Å²) in [5.41, 5.74) is 3.17. The van der Waals surface area contributed by atoms with E-state index in [1.54, 1.807) is 30.6 Å². The molecule has 1 aliphatic rings. The molecule has 1 unspecified atom stereocenters. The summed E-state index contributed by atoms with van der Waals surface area (Å²) in [6.45, 7) is 0.680. The highest BCUT2D eigenvalue weighted by molar-refractivity contribution is 7.99. The van der Waals surface area contributed by atoms with Crippen molar-refractivity contribution in [3.05, 3.63) is 70.9 Å². The van der Waals surface area contributed by atoms with Crippen LogP contribution in [0.1, 0.15) is 21.4 Å². The Morgan fingerprint density at radius 3 is 2.82 bits per heavy atom. The van der Waals surface area contributed by atoms with Gasteiger partial charge in [-0.1, -0.05) is 41.9 Å². The second kappa shape index (κ2) is 7.89. The summed E-state index contributed by atoms with van der Waals surface area (Å²) in [6, 6.07) is 17.2. The molecule has 1 aromatic heterocycles. The highest BCUT2D eigenvalue weighted by Gasteiger charge is 2.33.